The molecular weight excluding hydrogens is 332 g/mol. The standard InChI is InChI=1S/C19H28N4O3/c1-3-9-20-17(24)12-21-18(25)15-7-5-10-23(13-15)19(26)22-16-8-4-6-14(2)11-16/h4,6,8,11,15H,3,5,7,9-10,12-13H2,1-2H3,(H,20,24)(H,21,25)(H,22,26). The molecule has 142 valence electrons. The molecule has 0 saturated carbocycles. The zero-order chi connectivity index (χ0) is 18.9. The monoisotopic (exact) mass is 360 g/mol. The number of nitrogens with zero attached hydrogens (tertiary/aromatic N) is 1. The van der Waals surface area contributed by atoms with Crippen LogP contribution in [0.1, 0.15) is 31.7 Å². The molecule has 26 heavy (non-hydrogen) atoms. The molecule has 7 nitrogen and oxygen atoms in total. The lowest BCUT2D eigenvalue weighted by Crippen LogP contribution is -2.48. The minimum Gasteiger partial charge on any atom is -0.355 e. The van der Waals surface area contributed by atoms with E-state index in [4.69, 9.17) is 0 Å². The highest BCUT2D eigenvalue weighted by Crippen LogP contribution is 2.18. The molecule has 1 atom stereocenters. The van der Waals surface area contributed by atoms with Crippen LogP contribution in [0.2, 0.25) is 0 Å². The van der Waals surface area contributed by atoms with Crippen molar-refractivity contribution in [2.75, 3.05) is 31.5 Å². The topological polar surface area (TPSA) is 90.5 Å². The molecule has 4 amide bonds. The summed E-state index contributed by atoms with van der Waals surface area (Å²) in [6.45, 7) is 5.50. The van der Waals surface area contributed by atoms with Crippen molar-refractivity contribution in [3.63, 3.8) is 0 Å². The summed E-state index contributed by atoms with van der Waals surface area (Å²) in [7, 11) is 0. The van der Waals surface area contributed by atoms with Crippen LogP contribution in [0.25, 0.3) is 0 Å². The van der Waals surface area contributed by atoms with E-state index in [9.17, 15) is 14.4 Å². The van der Waals surface area contributed by atoms with E-state index in [1.165, 1.54) is 0 Å². The van der Waals surface area contributed by atoms with Crippen molar-refractivity contribution in [1.82, 2.24) is 15.5 Å². The van der Waals surface area contributed by atoms with Gasteiger partial charge in [-0.25, -0.2) is 4.79 Å². The summed E-state index contributed by atoms with van der Waals surface area (Å²) >= 11 is 0. The van der Waals surface area contributed by atoms with Crippen LogP contribution in [-0.2, 0) is 9.59 Å². The number of benzene rings is 1. The van der Waals surface area contributed by atoms with E-state index >= 15 is 0 Å². The largest absolute Gasteiger partial charge is 0.355 e. The Balaban J connectivity index is 1.82. The number of hydrogen-bond acceptors (Lipinski definition) is 3. The second-order valence-electron chi connectivity index (χ2n) is 6.65. The van der Waals surface area contributed by atoms with Gasteiger partial charge in [0.25, 0.3) is 0 Å². The summed E-state index contributed by atoms with van der Waals surface area (Å²) in [6.07, 6.45) is 2.34. The Morgan fingerprint density at radius 1 is 1.23 bits per heavy atom. The van der Waals surface area contributed by atoms with Gasteiger partial charge in [0, 0.05) is 25.3 Å². The van der Waals surface area contributed by atoms with Gasteiger partial charge in [0.15, 0.2) is 0 Å². The van der Waals surface area contributed by atoms with Crippen LogP contribution in [0.3, 0.4) is 0 Å². The third-order valence-corrected chi connectivity index (χ3v) is 4.34. The van der Waals surface area contributed by atoms with Crippen molar-refractivity contribution in [2.24, 2.45) is 5.92 Å². The number of carbonyl (C=O) groups is 3. The highest BCUT2D eigenvalue weighted by atomic mass is 16.2. The number of nitrogens with one attached hydrogen (secondary N) is 3. The fourth-order valence-electron chi connectivity index (χ4n) is 2.94. The van der Waals surface area contributed by atoms with Gasteiger partial charge in [0.1, 0.15) is 0 Å². The first kappa shape index (κ1) is 19.8. The molecular formula is C19H28N4O3. The maximum Gasteiger partial charge on any atom is 0.321 e. The number of aryl methyl sites for hydroxylation is 1. The normalized spacial score (nSPS) is 16.7. The molecule has 1 aliphatic rings. The average Bonchev–Trinajstić information content (AvgIpc) is 2.64. The quantitative estimate of drug-likeness (QED) is 0.723. The van der Waals surface area contributed by atoms with E-state index in [2.05, 4.69) is 16.0 Å². The first-order chi connectivity index (χ1) is 12.5. The predicted molar refractivity (Wildman–Crippen MR) is 101 cm³/mol. The Morgan fingerprint density at radius 2 is 2.04 bits per heavy atom. The van der Waals surface area contributed by atoms with Crippen LogP contribution < -0.4 is 16.0 Å². The molecule has 0 spiro atoms. The first-order valence-corrected chi connectivity index (χ1v) is 9.16. The Morgan fingerprint density at radius 3 is 2.77 bits per heavy atom. The van der Waals surface area contributed by atoms with Crippen molar-refractivity contribution >= 4 is 23.5 Å². The van der Waals surface area contributed by atoms with E-state index in [0.29, 0.717) is 19.6 Å². The van der Waals surface area contributed by atoms with Gasteiger partial charge in [-0.3, -0.25) is 9.59 Å². The minimum absolute atomic E-state index is 0.0230. The van der Waals surface area contributed by atoms with Gasteiger partial charge in [0.05, 0.1) is 12.5 Å². The molecule has 0 aliphatic carbocycles. The molecule has 0 aromatic heterocycles. The van der Waals surface area contributed by atoms with E-state index in [1.807, 2.05) is 38.1 Å². The van der Waals surface area contributed by atoms with Crippen molar-refractivity contribution < 1.29 is 14.4 Å². The minimum atomic E-state index is -0.286. The van der Waals surface area contributed by atoms with Gasteiger partial charge in [-0.15, -0.1) is 0 Å². The second-order valence-corrected chi connectivity index (χ2v) is 6.65. The molecule has 1 aromatic carbocycles. The van der Waals surface area contributed by atoms with Crippen LogP contribution in [0.5, 0.6) is 0 Å². The Kier molecular flexibility index (Phi) is 7.44. The van der Waals surface area contributed by atoms with Gasteiger partial charge in [0.2, 0.25) is 11.8 Å². The third kappa shape index (κ3) is 6.06. The molecule has 1 fully saturated rings. The Labute approximate surface area is 154 Å². The van der Waals surface area contributed by atoms with Crippen LogP contribution in [0, 0.1) is 12.8 Å². The molecule has 1 heterocycles. The molecule has 3 N–H and O–H groups in total. The number of carbonyl (C=O) groups excluding carboxylic acids is 3. The maximum absolute atomic E-state index is 12.5. The van der Waals surface area contributed by atoms with E-state index < -0.39 is 0 Å². The number of anilines is 1. The zero-order valence-corrected chi connectivity index (χ0v) is 15.5. The fraction of sp³-hybridized carbons (Fsp3) is 0.526. The molecule has 0 radical (unpaired) electrons. The average molecular weight is 360 g/mol. The lowest BCUT2D eigenvalue weighted by atomic mass is 9.97. The molecule has 1 unspecified atom stereocenters. The number of urea groups is 1. The van der Waals surface area contributed by atoms with Crippen LogP contribution in [0.15, 0.2) is 24.3 Å². The fourth-order valence-corrected chi connectivity index (χ4v) is 2.94. The summed E-state index contributed by atoms with van der Waals surface area (Å²) in [6, 6.07) is 7.40. The number of likely N-dealkylation sites (tertiary alicyclic amines) is 1. The van der Waals surface area contributed by atoms with Gasteiger partial charge < -0.3 is 20.9 Å². The lowest BCUT2D eigenvalue weighted by Gasteiger charge is -2.32. The number of rotatable bonds is 6. The van der Waals surface area contributed by atoms with E-state index in [0.717, 1.165) is 30.5 Å². The van der Waals surface area contributed by atoms with Gasteiger partial charge in [-0.1, -0.05) is 19.1 Å². The van der Waals surface area contributed by atoms with E-state index in [-0.39, 0.29) is 30.3 Å². The number of hydrogen-bond donors (Lipinski definition) is 3. The SMILES string of the molecule is CCCNC(=O)CNC(=O)C1CCCN(C(=O)Nc2cccc(C)c2)C1. The van der Waals surface area contributed by atoms with Gasteiger partial charge in [-0.05, 0) is 43.9 Å². The Hall–Kier alpha value is -2.57. The Bertz CT molecular complexity index is 647. The maximum atomic E-state index is 12.5. The molecule has 1 saturated heterocycles. The second kappa shape index (κ2) is 9.79. The smallest absolute Gasteiger partial charge is 0.321 e. The summed E-state index contributed by atoms with van der Waals surface area (Å²) < 4.78 is 0. The molecule has 7 heteroatoms. The van der Waals surface area contributed by atoms with Crippen LogP contribution >= 0.6 is 0 Å². The molecule has 0 bridgehead atoms. The predicted octanol–water partition coefficient (Wildman–Crippen LogP) is 1.88. The number of amides is 4. The number of piperidine rings is 1. The molecule has 1 aromatic rings. The van der Waals surface area contributed by atoms with Crippen molar-refractivity contribution in [3.05, 3.63) is 29.8 Å². The van der Waals surface area contributed by atoms with Crippen molar-refractivity contribution in [1.29, 1.82) is 0 Å². The van der Waals surface area contributed by atoms with Crippen LogP contribution in [-0.4, -0.2) is 48.9 Å². The third-order valence-electron chi connectivity index (χ3n) is 4.34. The summed E-state index contributed by atoms with van der Waals surface area (Å²) in [5, 5.41) is 8.27. The van der Waals surface area contributed by atoms with E-state index in [1.54, 1.807) is 4.90 Å². The van der Waals surface area contributed by atoms with Crippen molar-refractivity contribution in [2.45, 2.75) is 33.1 Å². The van der Waals surface area contributed by atoms with Gasteiger partial charge >= 0.3 is 6.03 Å². The van der Waals surface area contributed by atoms with Crippen LogP contribution in [0.4, 0.5) is 10.5 Å². The van der Waals surface area contributed by atoms with Gasteiger partial charge in [-0.2, -0.15) is 0 Å². The highest BCUT2D eigenvalue weighted by Gasteiger charge is 2.28. The zero-order valence-electron chi connectivity index (χ0n) is 15.5. The summed E-state index contributed by atoms with van der Waals surface area (Å²) in [5.74, 6) is -0.652. The molecule has 1 aliphatic heterocycles. The van der Waals surface area contributed by atoms with Crippen molar-refractivity contribution in [3.8, 4) is 0 Å². The molecule has 2 rings (SSSR count). The summed E-state index contributed by atoms with van der Waals surface area (Å²) in [4.78, 5) is 38.0. The highest BCUT2D eigenvalue weighted by molar-refractivity contribution is 5.90. The lowest BCUT2D eigenvalue weighted by molar-refractivity contribution is -0.129. The first-order valence-electron chi connectivity index (χ1n) is 9.16. The summed E-state index contributed by atoms with van der Waals surface area (Å²) in [5.41, 5.74) is 1.81.